The molecule has 5 nitrogen and oxygen atoms in total. The monoisotopic (exact) mass is 345 g/mol. The highest BCUT2D eigenvalue weighted by atomic mass is 32.1. The van der Waals surface area contributed by atoms with Crippen molar-refractivity contribution in [3.05, 3.63) is 40.3 Å². The van der Waals surface area contributed by atoms with Crippen molar-refractivity contribution in [3.8, 4) is 6.01 Å². The Kier molecular flexibility index (Phi) is 4.52. The highest BCUT2D eigenvalue weighted by Gasteiger charge is 2.44. The van der Waals surface area contributed by atoms with Crippen LogP contribution in [0.1, 0.15) is 29.0 Å². The van der Waals surface area contributed by atoms with Crippen molar-refractivity contribution >= 4 is 11.3 Å². The smallest absolute Gasteiger partial charge is 0.316 e. The third-order valence-corrected chi connectivity index (χ3v) is 5.77. The van der Waals surface area contributed by atoms with Crippen LogP contribution in [-0.2, 0) is 11.3 Å². The molecule has 0 bridgehead atoms. The number of likely N-dealkylation sites (tertiary alicyclic amines) is 1. The number of nitrogens with zero attached hydrogens (tertiary/aromatic N) is 3. The molecule has 2 aromatic rings. The molecule has 128 valence electrons. The third kappa shape index (κ3) is 3.61. The summed E-state index contributed by atoms with van der Waals surface area (Å²) in [5, 5.41) is 0. The first kappa shape index (κ1) is 16.0. The number of thiophene rings is 1. The van der Waals surface area contributed by atoms with E-state index in [1.165, 1.54) is 16.2 Å². The minimum absolute atomic E-state index is 0.0522. The van der Waals surface area contributed by atoms with E-state index >= 15 is 0 Å². The van der Waals surface area contributed by atoms with Crippen molar-refractivity contribution in [1.29, 1.82) is 0 Å². The number of rotatable bonds is 4. The SMILES string of the molecule is Cc1ccc(CN2CCC[C@]3(C[C@H](Oc4ncccn4)CO3)C2)s1. The molecule has 0 amide bonds. The Hall–Kier alpha value is -1.50. The molecule has 0 aliphatic carbocycles. The molecule has 2 aliphatic rings. The molecule has 0 radical (unpaired) electrons. The molecular formula is C18H23N3O2S. The maximum Gasteiger partial charge on any atom is 0.316 e. The molecule has 0 unspecified atom stereocenters. The van der Waals surface area contributed by atoms with Gasteiger partial charge in [-0.05, 0) is 44.5 Å². The maximum absolute atomic E-state index is 6.22. The van der Waals surface area contributed by atoms with Crippen molar-refractivity contribution < 1.29 is 9.47 Å². The molecule has 0 saturated carbocycles. The normalized spacial score (nSPS) is 27.6. The second-order valence-electron chi connectivity index (χ2n) is 6.80. The number of piperidine rings is 1. The van der Waals surface area contributed by atoms with Gasteiger partial charge in [0.05, 0.1) is 12.2 Å². The van der Waals surface area contributed by atoms with E-state index in [0.717, 1.165) is 32.5 Å². The summed E-state index contributed by atoms with van der Waals surface area (Å²) < 4.78 is 12.1. The Morgan fingerprint density at radius 3 is 3.04 bits per heavy atom. The molecule has 0 N–H and O–H groups in total. The van der Waals surface area contributed by atoms with Crippen LogP contribution in [0.2, 0.25) is 0 Å². The lowest BCUT2D eigenvalue weighted by molar-refractivity contribution is -0.0536. The van der Waals surface area contributed by atoms with E-state index < -0.39 is 0 Å². The molecule has 2 atom stereocenters. The van der Waals surface area contributed by atoms with E-state index in [1.807, 2.05) is 11.3 Å². The first-order chi connectivity index (χ1) is 11.7. The van der Waals surface area contributed by atoms with Crippen LogP contribution in [0.4, 0.5) is 0 Å². The van der Waals surface area contributed by atoms with Crippen molar-refractivity contribution in [1.82, 2.24) is 14.9 Å². The first-order valence-electron chi connectivity index (χ1n) is 8.56. The predicted octanol–water partition coefficient (Wildman–Crippen LogP) is 3.05. The molecule has 4 rings (SSSR count). The summed E-state index contributed by atoms with van der Waals surface area (Å²) in [6, 6.07) is 6.69. The largest absolute Gasteiger partial charge is 0.458 e. The van der Waals surface area contributed by atoms with Gasteiger partial charge in [-0.15, -0.1) is 11.3 Å². The highest BCUT2D eigenvalue weighted by molar-refractivity contribution is 7.11. The maximum atomic E-state index is 6.22. The fraction of sp³-hybridized carbons (Fsp3) is 0.556. The number of hydrogen-bond acceptors (Lipinski definition) is 6. The highest BCUT2D eigenvalue weighted by Crippen LogP contribution is 2.36. The zero-order valence-electron chi connectivity index (χ0n) is 14.0. The van der Waals surface area contributed by atoms with Gasteiger partial charge >= 0.3 is 6.01 Å². The van der Waals surface area contributed by atoms with Crippen molar-refractivity contribution in [2.75, 3.05) is 19.7 Å². The number of ether oxygens (including phenoxy) is 2. The summed E-state index contributed by atoms with van der Waals surface area (Å²) in [4.78, 5) is 13.6. The Labute approximate surface area is 146 Å². The Bertz CT molecular complexity index is 678. The number of aromatic nitrogens is 2. The first-order valence-corrected chi connectivity index (χ1v) is 9.38. The van der Waals surface area contributed by atoms with Crippen molar-refractivity contribution in [2.45, 2.75) is 44.4 Å². The average molecular weight is 345 g/mol. The van der Waals surface area contributed by atoms with Crippen LogP contribution in [0.25, 0.3) is 0 Å². The number of hydrogen-bond donors (Lipinski definition) is 0. The van der Waals surface area contributed by atoms with Crippen LogP contribution in [0.5, 0.6) is 6.01 Å². The fourth-order valence-electron chi connectivity index (χ4n) is 3.77. The molecule has 2 aliphatic heterocycles. The van der Waals surface area contributed by atoms with Gasteiger partial charge in [-0.1, -0.05) is 0 Å². The lowest BCUT2D eigenvalue weighted by atomic mass is 9.89. The van der Waals surface area contributed by atoms with Crippen LogP contribution in [0.3, 0.4) is 0 Å². The van der Waals surface area contributed by atoms with E-state index in [4.69, 9.17) is 9.47 Å². The Morgan fingerprint density at radius 1 is 1.38 bits per heavy atom. The third-order valence-electron chi connectivity index (χ3n) is 4.78. The lowest BCUT2D eigenvalue weighted by Crippen LogP contribution is -2.47. The molecule has 1 spiro atoms. The predicted molar refractivity (Wildman–Crippen MR) is 93.3 cm³/mol. The van der Waals surface area contributed by atoms with Crippen LogP contribution >= 0.6 is 11.3 Å². The molecule has 24 heavy (non-hydrogen) atoms. The summed E-state index contributed by atoms with van der Waals surface area (Å²) in [5.74, 6) is 0. The van der Waals surface area contributed by atoms with E-state index in [2.05, 4.69) is 33.9 Å². The Morgan fingerprint density at radius 2 is 2.25 bits per heavy atom. The molecule has 4 heterocycles. The molecule has 2 aromatic heterocycles. The van der Waals surface area contributed by atoms with Gasteiger partial charge in [0.1, 0.15) is 6.10 Å². The van der Waals surface area contributed by atoms with Gasteiger partial charge < -0.3 is 9.47 Å². The van der Waals surface area contributed by atoms with Crippen LogP contribution in [-0.4, -0.2) is 46.3 Å². The van der Waals surface area contributed by atoms with Crippen LogP contribution < -0.4 is 4.74 Å². The summed E-state index contributed by atoms with van der Waals surface area (Å²) in [6.45, 7) is 5.95. The van der Waals surface area contributed by atoms with E-state index in [0.29, 0.717) is 12.6 Å². The standard InChI is InChI=1S/C18H23N3O2S/c1-14-4-5-16(24-14)11-21-9-2-6-18(13-21)10-15(12-22-18)23-17-19-7-3-8-20-17/h3-5,7-8,15H,2,6,9-13H2,1H3/t15-,18-/m0/s1. The second-order valence-corrected chi connectivity index (χ2v) is 8.17. The molecule has 2 saturated heterocycles. The lowest BCUT2D eigenvalue weighted by Gasteiger charge is -2.39. The van der Waals surface area contributed by atoms with Crippen LogP contribution in [0.15, 0.2) is 30.6 Å². The van der Waals surface area contributed by atoms with Gasteiger partial charge in [-0.2, -0.15) is 0 Å². The topological polar surface area (TPSA) is 47.5 Å². The molecule has 6 heteroatoms. The Balaban J connectivity index is 1.36. The summed E-state index contributed by atoms with van der Waals surface area (Å²) in [5.41, 5.74) is -0.0655. The number of aryl methyl sites for hydroxylation is 1. The van der Waals surface area contributed by atoms with Gasteiger partial charge in [0.25, 0.3) is 0 Å². The van der Waals surface area contributed by atoms with Gasteiger partial charge in [0, 0.05) is 41.7 Å². The zero-order valence-corrected chi connectivity index (χ0v) is 14.8. The minimum atomic E-state index is -0.0655. The summed E-state index contributed by atoms with van der Waals surface area (Å²) in [7, 11) is 0. The zero-order chi connectivity index (χ0) is 16.4. The quantitative estimate of drug-likeness (QED) is 0.852. The second kappa shape index (κ2) is 6.78. The van der Waals surface area contributed by atoms with Crippen molar-refractivity contribution in [3.63, 3.8) is 0 Å². The molecule has 2 fully saturated rings. The van der Waals surface area contributed by atoms with Gasteiger partial charge in [0.15, 0.2) is 0 Å². The van der Waals surface area contributed by atoms with E-state index in [-0.39, 0.29) is 11.7 Å². The van der Waals surface area contributed by atoms with E-state index in [9.17, 15) is 0 Å². The molecule has 0 aromatic carbocycles. The van der Waals surface area contributed by atoms with Gasteiger partial charge in [-0.3, -0.25) is 4.90 Å². The van der Waals surface area contributed by atoms with E-state index in [1.54, 1.807) is 18.5 Å². The van der Waals surface area contributed by atoms with Crippen molar-refractivity contribution in [2.24, 2.45) is 0 Å². The van der Waals surface area contributed by atoms with Gasteiger partial charge in [0.2, 0.25) is 0 Å². The summed E-state index contributed by atoms with van der Waals surface area (Å²) in [6.07, 6.45) is 6.68. The fourth-order valence-corrected chi connectivity index (χ4v) is 4.71. The average Bonchev–Trinajstić information content (AvgIpc) is 3.15. The van der Waals surface area contributed by atoms with Gasteiger partial charge in [-0.25, -0.2) is 9.97 Å². The van der Waals surface area contributed by atoms with Crippen LogP contribution in [0, 0.1) is 6.92 Å². The summed E-state index contributed by atoms with van der Waals surface area (Å²) >= 11 is 1.89. The minimum Gasteiger partial charge on any atom is -0.458 e. The molecular weight excluding hydrogens is 322 g/mol.